The molecule has 0 aliphatic heterocycles. The molecular weight excluding hydrogens is 511 g/mol. The van der Waals surface area contributed by atoms with E-state index in [1.54, 1.807) is 36.4 Å². The highest BCUT2D eigenvalue weighted by molar-refractivity contribution is 6.22. The van der Waals surface area contributed by atoms with Crippen molar-refractivity contribution in [2.24, 2.45) is 5.73 Å². The van der Waals surface area contributed by atoms with E-state index < -0.39 is 29.7 Å². The molecule has 3 aromatic carbocycles. The second kappa shape index (κ2) is 9.84. The number of nitrogens with one attached hydrogen (secondary N) is 2. The third-order valence-corrected chi connectivity index (χ3v) is 6.25. The largest absolute Gasteiger partial charge is 0.435 e. The Balaban J connectivity index is 1.45. The molecule has 11 heteroatoms. The van der Waals surface area contributed by atoms with E-state index in [9.17, 15) is 27.6 Å². The quantitative estimate of drug-likeness (QED) is 0.300. The summed E-state index contributed by atoms with van der Waals surface area (Å²) in [6.07, 6.45) is -4.80. The molecule has 0 saturated carbocycles. The summed E-state index contributed by atoms with van der Waals surface area (Å²) in [6, 6.07) is 18.1. The normalized spacial score (nSPS) is 13.0. The van der Waals surface area contributed by atoms with Gasteiger partial charge in [-0.05, 0) is 47.9 Å². The van der Waals surface area contributed by atoms with Gasteiger partial charge in [-0.25, -0.2) is 4.68 Å². The number of ketones is 1. The van der Waals surface area contributed by atoms with Crippen molar-refractivity contribution in [1.29, 1.82) is 0 Å². The molecule has 4 N–H and O–H groups in total. The van der Waals surface area contributed by atoms with Crippen LogP contribution in [0.1, 0.15) is 44.6 Å². The number of hydrogen-bond donors (Lipinski definition) is 3. The number of halogens is 3. The van der Waals surface area contributed by atoms with E-state index in [1.165, 1.54) is 25.1 Å². The summed E-state index contributed by atoms with van der Waals surface area (Å²) in [7, 11) is 0. The number of aromatic nitrogens is 2. The first-order chi connectivity index (χ1) is 18.5. The first-order valence-electron chi connectivity index (χ1n) is 11.9. The lowest BCUT2D eigenvalue weighted by Crippen LogP contribution is -2.37. The van der Waals surface area contributed by atoms with E-state index in [-0.39, 0.29) is 29.4 Å². The Kier molecular flexibility index (Phi) is 6.52. The molecule has 5 rings (SSSR count). The molecule has 0 spiro atoms. The molecule has 1 atom stereocenters. The molecular formula is C28H22F3N5O3. The average molecular weight is 534 g/mol. The lowest BCUT2D eigenvalue weighted by molar-refractivity contribution is -0.141. The minimum absolute atomic E-state index is 0.0781. The van der Waals surface area contributed by atoms with E-state index >= 15 is 0 Å². The van der Waals surface area contributed by atoms with Gasteiger partial charge in [0, 0.05) is 29.4 Å². The molecule has 1 aliphatic carbocycles. The Morgan fingerprint density at radius 1 is 0.949 bits per heavy atom. The number of alkyl halides is 3. The summed E-state index contributed by atoms with van der Waals surface area (Å²) in [5.41, 5.74) is 7.35. The number of fused-ring (bicyclic) bond motifs is 3. The van der Waals surface area contributed by atoms with Crippen LogP contribution in [0.3, 0.4) is 0 Å². The summed E-state index contributed by atoms with van der Waals surface area (Å²) in [6.45, 7) is 1.60. The number of carbonyl (C=O) groups excluding carboxylic acids is 3. The number of anilines is 1. The van der Waals surface area contributed by atoms with Crippen LogP contribution in [0.25, 0.3) is 16.8 Å². The zero-order valence-electron chi connectivity index (χ0n) is 20.5. The van der Waals surface area contributed by atoms with Gasteiger partial charge in [0.05, 0.1) is 11.7 Å². The minimum atomic E-state index is -4.80. The zero-order chi connectivity index (χ0) is 27.9. The minimum Gasteiger partial charge on any atom is -0.351 e. The van der Waals surface area contributed by atoms with Crippen LogP contribution in [0.4, 0.5) is 18.9 Å². The van der Waals surface area contributed by atoms with Gasteiger partial charge in [0.15, 0.2) is 11.5 Å². The second-order valence-corrected chi connectivity index (χ2v) is 9.09. The van der Waals surface area contributed by atoms with E-state index in [1.807, 2.05) is 12.1 Å². The number of nitrogens with zero attached hydrogens (tertiary/aromatic N) is 2. The lowest BCUT2D eigenvalue weighted by Gasteiger charge is -2.12. The first kappa shape index (κ1) is 25.9. The maximum atomic E-state index is 13.6. The fraction of sp³-hybridized carbons (Fsp3) is 0.143. The summed E-state index contributed by atoms with van der Waals surface area (Å²) >= 11 is 0. The van der Waals surface area contributed by atoms with Crippen molar-refractivity contribution in [3.05, 3.63) is 101 Å². The standard InChI is InChI=1S/C28H22F3N5O3/c1-15(32)26(38)33-14-16-5-4-6-18(11-16)36-23(13-24(35-36)28(29,30)31)27(39)34-17-9-10-20-19-7-2-3-8-21(19)25(37)22(20)12-17/h2-13,15H,14,32H2,1H3,(H,33,38)(H,34,39)/t15-/m0/s1. The summed E-state index contributed by atoms with van der Waals surface area (Å²) in [5, 5.41) is 8.86. The maximum Gasteiger partial charge on any atom is 0.435 e. The molecule has 39 heavy (non-hydrogen) atoms. The number of amides is 2. The SMILES string of the molecule is C[C@H](N)C(=O)NCc1cccc(-n2nc(C(F)(F)F)cc2C(=O)Nc2ccc3c(c2)C(=O)c2ccccc2-3)c1. The fourth-order valence-corrected chi connectivity index (χ4v) is 4.33. The van der Waals surface area contributed by atoms with E-state index in [0.717, 1.165) is 10.2 Å². The van der Waals surface area contributed by atoms with Crippen molar-refractivity contribution < 1.29 is 27.6 Å². The highest BCUT2D eigenvalue weighted by atomic mass is 19.4. The van der Waals surface area contributed by atoms with Crippen molar-refractivity contribution in [3.63, 3.8) is 0 Å². The van der Waals surface area contributed by atoms with E-state index in [4.69, 9.17) is 5.73 Å². The van der Waals surface area contributed by atoms with Crippen LogP contribution in [0, 0.1) is 0 Å². The monoisotopic (exact) mass is 533 g/mol. The van der Waals surface area contributed by atoms with Crippen molar-refractivity contribution in [2.45, 2.75) is 25.7 Å². The van der Waals surface area contributed by atoms with Gasteiger partial charge in [-0.15, -0.1) is 0 Å². The molecule has 2 amide bonds. The third kappa shape index (κ3) is 5.04. The number of rotatable bonds is 6. The van der Waals surface area contributed by atoms with E-state index in [0.29, 0.717) is 28.3 Å². The number of benzene rings is 3. The first-order valence-corrected chi connectivity index (χ1v) is 11.9. The molecule has 0 unspecified atom stereocenters. The van der Waals surface area contributed by atoms with Crippen LogP contribution in [0.15, 0.2) is 72.8 Å². The molecule has 0 fully saturated rings. The van der Waals surface area contributed by atoms with Gasteiger partial charge in [0.25, 0.3) is 5.91 Å². The predicted molar refractivity (Wildman–Crippen MR) is 137 cm³/mol. The van der Waals surface area contributed by atoms with Crippen LogP contribution in [0.5, 0.6) is 0 Å². The molecule has 0 saturated heterocycles. The van der Waals surface area contributed by atoms with E-state index in [2.05, 4.69) is 15.7 Å². The lowest BCUT2D eigenvalue weighted by atomic mass is 10.1. The van der Waals surface area contributed by atoms with Crippen LogP contribution in [-0.4, -0.2) is 33.4 Å². The van der Waals surface area contributed by atoms with Crippen molar-refractivity contribution in [2.75, 3.05) is 5.32 Å². The Morgan fingerprint density at radius 2 is 1.67 bits per heavy atom. The Labute approximate surface area is 220 Å². The molecule has 1 heterocycles. The van der Waals surface area contributed by atoms with Gasteiger partial charge < -0.3 is 16.4 Å². The van der Waals surface area contributed by atoms with Gasteiger partial charge in [0.2, 0.25) is 5.91 Å². The van der Waals surface area contributed by atoms with Gasteiger partial charge in [-0.3, -0.25) is 14.4 Å². The van der Waals surface area contributed by atoms with Gasteiger partial charge in [-0.2, -0.15) is 18.3 Å². The highest BCUT2D eigenvalue weighted by Gasteiger charge is 2.36. The summed E-state index contributed by atoms with van der Waals surface area (Å²) < 4.78 is 41.6. The van der Waals surface area contributed by atoms with Crippen molar-refractivity contribution in [1.82, 2.24) is 15.1 Å². The number of hydrogen-bond acceptors (Lipinski definition) is 5. The van der Waals surface area contributed by atoms with Crippen molar-refractivity contribution >= 4 is 23.3 Å². The van der Waals surface area contributed by atoms with Crippen LogP contribution >= 0.6 is 0 Å². The van der Waals surface area contributed by atoms with Gasteiger partial charge in [-0.1, -0.05) is 42.5 Å². The molecule has 1 aliphatic rings. The molecule has 4 aromatic rings. The predicted octanol–water partition coefficient (Wildman–Crippen LogP) is 4.32. The van der Waals surface area contributed by atoms with Gasteiger partial charge >= 0.3 is 6.18 Å². The van der Waals surface area contributed by atoms with Crippen LogP contribution in [-0.2, 0) is 17.5 Å². The summed E-state index contributed by atoms with van der Waals surface area (Å²) in [4.78, 5) is 37.9. The molecule has 0 bridgehead atoms. The van der Waals surface area contributed by atoms with Gasteiger partial charge in [0.1, 0.15) is 5.69 Å². The number of nitrogens with two attached hydrogens (primary N) is 1. The zero-order valence-corrected chi connectivity index (χ0v) is 20.5. The molecule has 0 radical (unpaired) electrons. The van der Waals surface area contributed by atoms with Crippen LogP contribution in [0.2, 0.25) is 0 Å². The Bertz CT molecular complexity index is 1620. The third-order valence-electron chi connectivity index (χ3n) is 6.25. The Morgan fingerprint density at radius 3 is 2.38 bits per heavy atom. The summed E-state index contributed by atoms with van der Waals surface area (Å²) in [5.74, 6) is -1.44. The highest BCUT2D eigenvalue weighted by Crippen LogP contribution is 2.38. The second-order valence-electron chi connectivity index (χ2n) is 9.09. The average Bonchev–Trinajstić information content (AvgIpc) is 3.48. The maximum absolute atomic E-state index is 13.6. The Hall–Kier alpha value is -4.77. The fourth-order valence-electron chi connectivity index (χ4n) is 4.33. The molecule has 8 nitrogen and oxygen atoms in total. The van der Waals surface area contributed by atoms with Crippen LogP contribution < -0.4 is 16.4 Å². The number of carbonyl (C=O) groups is 3. The smallest absolute Gasteiger partial charge is 0.351 e. The molecule has 198 valence electrons. The van der Waals surface area contributed by atoms with Crippen molar-refractivity contribution in [3.8, 4) is 16.8 Å². The molecule has 1 aromatic heterocycles. The topological polar surface area (TPSA) is 119 Å².